The van der Waals surface area contributed by atoms with Crippen LogP contribution in [0.3, 0.4) is 0 Å². The van der Waals surface area contributed by atoms with Gasteiger partial charge in [0.05, 0.1) is 0 Å². The fourth-order valence-electron chi connectivity index (χ4n) is 4.92. The molecule has 4 N–H and O–H groups in total. The van der Waals surface area contributed by atoms with Gasteiger partial charge in [-0.1, -0.05) is 60.7 Å². The van der Waals surface area contributed by atoms with Crippen LogP contribution in [0, 0.1) is 0 Å². The van der Waals surface area contributed by atoms with Crippen LogP contribution in [0.4, 0.5) is 11.4 Å². The summed E-state index contributed by atoms with van der Waals surface area (Å²) in [6, 6.07) is 29.7. The van der Waals surface area contributed by atoms with Crippen LogP contribution < -0.4 is 11.5 Å². The molecule has 0 radical (unpaired) electrons. The molecule has 0 atom stereocenters. The lowest BCUT2D eigenvalue weighted by Gasteiger charge is -2.33. The second-order valence-corrected chi connectivity index (χ2v) is 9.28. The summed E-state index contributed by atoms with van der Waals surface area (Å²) in [4.78, 5) is 1.60. The van der Waals surface area contributed by atoms with Gasteiger partial charge in [0.25, 0.3) is 0 Å². The van der Waals surface area contributed by atoms with Crippen molar-refractivity contribution in [3.8, 4) is 11.1 Å². The number of hydrogen-bond acceptors (Lipinski definition) is 4. The van der Waals surface area contributed by atoms with E-state index in [-0.39, 0.29) is 5.41 Å². The van der Waals surface area contributed by atoms with Gasteiger partial charge >= 0.3 is 0 Å². The second-order valence-electron chi connectivity index (χ2n) is 8.32. The van der Waals surface area contributed by atoms with Gasteiger partial charge in [0.2, 0.25) is 0 Å². The van der Waals surface area contributed by atoms with Crippen LogP contribution in [-0.2, 0) is 18.3 Å². The molecule has 2 nitrogen and oxygen atoms in total. The zero-order chi connectivity index (χ0) is 21.6. The van der Waals surface area contributed by atoms with Crippen molar-refractivity contribution < 1.29 is 0 Å². The first-order chi connectivity index (χ1) is 15.0. The van der Waals surface area contributed by atoms with Gasteiger partial charge < -0.3 is 11.5 Å². The van der Waals surface area contributed by atoms with E-state index in [1.165, 1.54) is 22.3 Å². The number of fused-ring (bicyclic) bond motifs is 3. The highest BCUT2D eigenvalue weighted by atomic mass is 32.1. The van der Waals surface area contributed by atoms with E-state index in [0.717, 1.165) is 33.8 Å². The molecule has 0 saturated heterocycles. The number of nitrogens with two attached hydrogens (primary N) is 2. The average molecular weight is 441 g/mol. The maximum absolute atomic E-state index is 6.29. The Kier molecular flexibility index (Phi) is 4.99. The minimum Gasteiger partial charge on any atom is -0.398 e. The van der Waals surface area contributed by atoms with Gasteiger partial charge in [0.15, 0.2) is 0 Å². The summed E-state index contributed by atoms with van der Waals surface area (Å²) in [7, 11) is 0. The predicted octanol–water partition coefficient (Wildman–Crippen LogP) is 6.18. The van der Waals surface area contributed by atoms with Gasteiger partial charge in [0, 0.05) is 26.6 Å². The fourth-order valence-corrected chi connectivity index (χ4v) is 5.31. The molecule has 1 aliphatic carbocycles. The number of thiol groups is 2. The lowest BCUT2D eigenvalue weighted by Crippen LogP contribution is -2.31. The predicted molar refractivity (Wildman–Crippen MR) is 136 cm³/mol. The first-order valence-electron chi connectivity index (χ1n) is 10.3. The molecule has 31 heavy (non-hydrogen) atoms. The molecule has 0 unspecified atom stereocenters. The molecule has 0 aromatic heterocycles. The molecule has 4 aromatic rings. The molecular formula is C27H24N2S2. The molecule has 0 heterocycles. The largest absolute Gasteiger partial charge is 0.398 e. The molecule has 4 heteroatoms. The summed E-state index contributed by atoms with van der Waals surface area (Å²) in [5.41, 5.74) is 21.0. The lowest BCUT2D eigenvalue weighted by molar-refractivity contribution is 0.518. The summed E-state index contributed by atoms with van der Waals surface area (Å²) in [5.74, 6) is 0. The van der Waals surface area contributed by atoms with Crippen molar-refractivity contribution in [2.24, 2.45) is 0 Å². The Morgan fingerprint density at radius 1 is 0.581 bits per heavy atom. The third-order valence-electron chi connectivity index (χ3n) is 6.35. The van der Waals surface area contributed by atoms with Gasteiger partial charge in [-0.05, 0) is 70.5 Å². The highest BCUT2D eigenvalue weighted by Gasteiger charge is 2.44. The summed E-state index contributed by atoms with van der Waals surface area (Å²) < 4.78 is 0. The highest BCUT2D eigenvalue weighted by Crippen LogP contribution is 2.54. The smallest absolute Gasteiger partial charge is 0.0456 e. The molecular weight excluding hydrogens is 416 g/mol. The number of rotatable bonds is 4. The van der Waals surface area contributed by atoms with Crippen LogP contribution in [-0.4, -0.2) is 0 Å². The lowest BCUT2D eigenvalue weighted by atomic mass is 9.69. The summed E-state index contributed by atoms with van der Waals surface area (Å²) in [5, 5.41) is 0. The van der Waals surface area contributed by atoms with Crippen molar-refractivity contribution in [2.75, 3.05) is 11.5 Å². The Morgan fingerprint density at radius 2 is 0.968 bits per heavy atom. The summed E-state index contributed by atoms with van der Waals surface area (Å²) in [6.07, 6.45) is 1.72. The van der Waals surface area contributed by atoms with Gasteiger partial charge in [-0.2, -0.15) is 0 Å². The maximum Gasteiger partial charge on any atom is 0.0456 e. The molecule has 0 amide bonds. The second kappa shape index (κ2) is 7.70. The van der Waals surface area contributed by atoms with Gasteiger partial charge in [-0.25, -0.2) is 0 Å². The van der Waals surface area contributed by atoms with Crippen molar-refractivity contribution in [3.05, 3.63) is 107 Å². The van der Waals surface area contributed by atoms with E-state index in [1.807, 2.05) is 12.1 Å². The standard InChI is InChI=1S/C27H24N2S2/c28-23-11-19-20-12-24(29)26(31)14-22(20)27(21(19)13-25(23)30,15-17-7-3-1-4-8-17)16-18-9-5-2-6-10-18/h1-14,30-31H,15-16,28-29H2. The number of nitrogen functional groups attached to an aromatic ring is 2. The van der Waals surface area contributed by atoms with Gasteiger partial charge in [-0.3, -0.25) is 0 Å². The van der Waals surface area contributed by atoms with E-state index in [4.69, 9.17) is 11.5 Å². The Bertz CT molecular complexity index is 1170. The van der Waals surface area contributed by atoms with Crippen molar-refractivity contribution in [2.45, 2.75) is 28.0 Å². The molecule has 0 fully saturated rings. The number of anilines is 2. The molecule has 154 valence electrons. The van der Waals surface area contributed by atoms with Crippen molar-refractivity contribution in [3.63, 3.8) is 0 Å². The highest BCUT2D eigenvalue weighted by molar-refractivity contribution is 7.80. The quantitative estimate of drug-likeness (QED) is 0.226. The Balaban J connectivity index is 1.82. The zero-order valence-corrected chi connectivity index (χ0v) is 18.8. The van der Waals surface area contributed by atoms with E-state index in [9.17, 15) is 0 Å². The maximum atomic E-state index is 6.29. The average Bonchev–Trinajstić information content (AvgIpc) is 2.99. The van der Waals surface area contributed by atoms with Crippen LogP contribution >= 0.6 is 25.3 Å². The van der Waals surface area contributed by atoms with Crippen molar-refractivity contribution in [1.82, 2.24) is 0 Å². The number of benzene rings is 4. The molecule has 1 aliphatic rings. The molecule has 0 aliphatic heterocycles. The van der Waals surface area contributed by atoms with Crippen LogP contribution in [0.2, 0.25) is 0 Å². The Labute approximate surface area is 194 Å². The summed E-state index contributed by atoms with van der Waals surface area (Å²) >= 11 is 9.36. The summed E-state index contributed by atoms with van der Waals surface area (Å²) in [6.45, 7) is 0. The van der Waals surface area contributed by atoms with Gasteiger partial charge in [-0.15, -0.1) is 25.3 Å². The molecule has 4 aromatic carbocycles. The fraction of sp³-hybridized carbons (Fsp3) is 0.111. The van der Waals surface area contributed by atoms with Crippen molar-refractivity contribution in [1.29, 1.82) is 0 Å². The molecule has 0 bridgehead atoms. The van der Waals surface area contributed by atoms with E-state index >= 15 is 0 Å². The van der Waals surface area contributed by atoms with Crippen LogP contribution in [0.25, 0.3) is 11.1 Å². The SMILES string of the molecule is Nc1cc2c(cc1S)C(Cc1ccccc1)(Cc1ccccc1)c1cc(S)c(N)cc1-2. The molecule has 0 saturated carbocycles. The minimum absolute atomic E-state index is 0.274. The Hall–Kier alpha value is -2.82. The minimum atomic E-state index is -0.274. The van der Waals surface area contributed by atoms with E-state index in [1.54, 1.807) is 0 Å². The topological polar surface area (TPSA) is 52.0 Å². The van der Waals surface area contributed by atoms with Crippen LogP contribution in [0.15, 0.2) is 94.7 Å². The number of hydrogen-bond donors (Lipinski definition) is 4. The van der Waals surface area contributed by atoms with E-state index in [0.29, 0.717) is 11.4 Å². The first-order valence-corrected chi connectivity index (χ1v) is 11.2. The first kappa shape index (κ1) is 20.1. The monoisotopic (exact) mass is 440 g/mol. The van der Waals surface area contributed by atoms with Crippen LogP contribution in [0.5, 0.6) is 0 Å². The van der Waals surface area contributed by atoms with Crippen LogP contribution in [0.1, 0.15) is 22.3 Å². The zero-order valence-electron chi connectivity index (χ0n) is 17.0. The Morgan fingerprint density at radius 3 is 1.35 bits per heavy atom. The van der Waals surface area contributed by atoms with E-state index < -0.39 is 0 Å². The molecule has 5 rings (SSSR count). The third-order valence-corrected chi connectivity index (χ3v) is 7.13. The molecule has 0 spiro atoms. The normalized spacial score (nSPS) is 13.6. The van der Waals surface area contributed by atoms with Crippen molar-refractivity contribution >= 4 is 36.6 Å². The van der Waals surface area contributed by atoms with E-state index in [2.05, 4.69) is 98.1 Å². The third kappa shape index (κ3) is 3.40. The van der Waals surface area contributed by atoms with Gasteiger partial charge in [0.1, 0.15) is 0 Å².